The van der Waals surface area contributed by atoms with Crippen molar-refractivity contribution in [3.8, 4) is 10.4 Å². The Morgan fingerprint density at radius 1 is 0.971 bits per heavy atom. The molecule has 5 rings (SSSR count). The maximum Gasteiger partial charge on any atom is 0.262 e. The third-order valence-electron chi connectivity index (χ3n) is 6.30. The van der Waals surface area contributed by atoms with Gasteiger partial charge in [-0.2, -0.15) is 0 Å². The molecule has 0 saturated carbocycles. The molecule has 0 aliphatic rings. The predicted octanol–water partition coefficient (Wildman–Crippen LogP) is 6.07. The van der Waals surface area contributed by atoms with E-state index in [-0.39, 0.29) is 18.0 Å². The smallest absolute Gasteiger partial charge is 0.262 e. The van der Waals surface area contributed by atoms with E-state index >= 15 is 0 Å². The monoisotopic (exact) mass is 499 g/mol. The number of rotatable bonds is 6. The van der Waals surface area contributed by atoms with Crippen molar-refractivity contribution in [2.24, 2.45) is 0 Å². The zero-order valence-electron chi connectivity index (χ0n) is 19.6. The van der Waals surface area contributed by atoms with Gasteiger partial charge in [-0.3, -0.25) is 18.6 Å². The fourth-order valence-electron chi connectivity index (χ4n) is 4.48. The highest BCUT2D eigenvalue weighted by Crippen LogP contribution is 2.35. The van der Waals surface area contributed by atoms with Gasteiger partial charge in [0.15, 0.2) is 3.95 Å². The average molecular weight is 500 g/mol. The lowest BCUT2D eigenvalue weighted by Gasteiger charge is -2.22. The van der Waals surface area contributed by atoms with Crippen LogP contribution >= 0.6 is 23.6 Å². The topological polar surface area (TPSA) is 46.7 Å². The van der Waals surface area contributed by atoms with E-state index in [2.05, 4.69) is 0 Å². The van der Waals surface area contributed by atoms with Gasteiger partial charge < -0.3 is 4.90 Å². The quantitative estimate of drug-likeness (QED) is 0.267. The molecule has 0 fully saturated rings. The second kappa shape index (κ2) is 9.60. The van der Waals surface area contributed by atoms with Gasteiger partial charge in [0.2, 0.25) is 5.91 Å². The molecule has 5 aromatic rings. The second-order valence-corrected chi connectivity index (χ2v) is 10.1. The summed E-state index contributed by atoms with van der Waals surface area (Å²) >= 11 is 7.26. The summed E-state index contributed by atoms with van der Waals surface area (Å²) in [7, 11) is 0. The van der Waals surface area contributed by atoms with Crippen molar-refractivity contribution < 1.29 is 4.79 Å². The van der Waals surface area contributed by atoms with Gasteiger partial charge in [-0.25, -0.2) is 0 Å². The number of nitrogens with zero attached hydrogens (tertiary/aromatic N) is 3. The Kier molecular flexibility index (Phi) is 6.36. The van der Waals surface area contributed by atoms with E-state index in [9.17, 15) is 9.59 Å². The zero-order valence-corrected chi connectivity index (χ0v) is 21.2. The number of carbonyl (C=O) groups is 1. The molecule has 0 saturated heterocycles. The Balaban J connectivity index is 1.71. The molecular formula is C28H25N3O2S2. The number of aryl methyl sites for hydroxylation is 1. The fraction of sp³-hybridized carbons (Fsp3) is 0.179. The van der Waals surface area contributed by atoms with Crippen molar-refractivity contribution >= 4 is 46.0 Å². The third kappa shape index (κ3) is 4.22. The molecule has 0 aliphatic heterocycles. The first kappa shape index (κ1) is 23.2. The molecular weight excluding hydrogens is 474 g/mol. The van der Waals surface area contributed by atoms with E-state index in [1.807, 2.05) is 91.0 Å². The van der Waals surface area contributed by atoms with Crippen LogP contribution < -0.4 is 5.56 Å². The number of para-hydroxylation sites is 1. The minimum atomic E-state index is -0.188. The first-order valence-electron chi connectivity index (χ1n) is 11.5. The molecule has 176 valence electrons. The number of benzene rings is 3. The summed E-state index contributed by atoms with van der Waals surface area (Å²) in [5, 5.41) is 0.546. The summed E-state index contributed by atoms with van der Waals surface area (Å²) in [6.45, 7) is 4.99. The number of likely N-dealkylation sites (N-methyl/N-ethyl adjacent to an activating group) is 1. The Morgan fingerprint density at radius 2 is 1.66 bits per heavy atom. The molecule has 0 atom stereocenters. The first-order chi connectivity index (χ1) is 17.0. The van der Waals surface area contributed by atoms with Crippen LogP contribution in [0, 0.1) is 10.9 Å². The van der Waals surface area contributed by atoms with E-state index < -0.39 is 0 Å². The molecule has 2 heterocycles. The van der Waals surface area contributed by atoms with Crippen molar-refractivity contribution in [2.45, 2.75) is 26.9 Å². The van der Waals surface area contributed by atoms with Crippen LogP contribution in [0.5, 0.6) is 0 Å². The maximum atomic E-state index is 13.8. The van der Waals surface area contributed by atoms with Crippen LogP contribution in [0.25, 0.3) is 27.0 Å². The highest BCUT2D eigenvalue weighted by atomic mass is 32.1. The number of fused-ring (bicyclic) bond motifs is 3. The first-order valence-corrected chi connectivity index (χ1v) is 12.8. The van der Waals surface area contributed by atoms with E-state index in [4.69, 9.17) is 12.2 Å². The summed E-state index contributed by atoms with van der Waals surface area (Å²) in [6, 6.07) is 25.4. The van der Waals surface area contributed by atoms with Crippen LogP contribution in [-0.2, 0) is 17.9 Å². The van der Waals surface area contributed by atoms with Crippen molar-refractivity contribution in [1.29, 1.82) is 0 Å². The van der Waals surface area contributed by atoms with Crippen molar-refractivity contribution in [3.05, 3.63) is 104 Å². The van der Waals surface area contributed by atoms with E-state index in [1.165, 1.54) is 11.3 Å². The van der Waals surface area contributed by atoms with Crippen LogP contribution in [0.15, 0.2) is 83.7 Å². The summed E-state index contributed by atoms with van der Waals surface area (Å²) in [6.07, 6.45) is 0. The molecule has 0 bridgehead atoms. The number of amides is 1. The maximum absolute atomic E-state index is 13.8. The second-order valence-electron chi connectivity index (χ2n) is 8.47. The van der Waals surface area contributed by atoms with Gasteiger partial charge in [0, 0.05) is 13.1 Å². The predicted molar refractivity (Wildman–Crippen MR) is 146 cm³/mol. The summed E-state index contributed by atoms with van der Waals surface area (Å²) in [4.78, 5) is 30.0. The Bertz CT molecular complexity index is 1670. The van der Waals surface area contributed by atoms with E-state index in [1.54, 1.807) is 15.5 Å². The van der Waals surface area contributed by atoms with Crippen molar-refractivity contribution in [3.63, 3.8) is 0 Å². The van der Waals surface area contributed by atoms with Gasteiger partial charge in [-0.1, -0.05) is 66.7 Å². The van der Waals surface area contributed by atoms with E-state index in [0.29, 0.717) is 28.1 Å². The van der Waals surface area contributed by atoms with Gasteiger partial charge in [0.05, 0.1) is 15.8 Å². The number of aromatic nitrogens is 2. The summed E-state index contributed by atoms with van der Waals surface area (Å²) in [5.41, 5.74) is 4.39. The molecule has 7 heteroatoms. The van der Waals surface area contributed by atoms with Crippen LogP contribution in [0.4, 0.5) is 0 Å². The third-order valence-corrected chi connectivity index (χ3v) is 7.69. The Hall–Kier alpha value is -3.55. The highest BCUT2D eigenvalue weighted by molar-refractivity contribution is 7.73. The molecule has 5 nitrogen and oxygen atoms in total. The van der Waals surface area contributed by atoms with Crippen LogP contribution in [0.2, 0.25) is 0 Å². The Morgan fingerprint density at radius 3 is 2.40 bits per heavy atom. The molecule has 0 aliphatic carbocycles. The van der Waals surface area contributed by atoms with Gasteiger partial charge in [0.25, 0.3) is 5.56 Å². The van der Waals surface area contributed by atoms with Crippen LogP contribution in [-0.4, -0.2) is 26.3 Å². The standard InChI is InChI=1S/C28H25N3O2S2/c1-3-29(17-20-12-5-4-6-13-20)24(32)18-30-26-25(21-14-8-7-11-19(21)2)35-28(34)31(26)23-16-10-9-15-22(23)27(30)33/h4-16H,3,17-18H2,1-2H3. The molecule has 0 spiro atoms. The summed E-state index contributed by atoms with van der Waals surface area (Å²) < 4.78 is 4.19. The van der Waals surface area contributed by atoms with E-state index in [0.717, 1.165) is 27.1 Å². The zero-order chi connectivity index (χ0) is 24.5. The molecule has 3 aromatic carbocycles. The van der Waals surface area contributed by atoms with Gasteiger partial charge >= 0.3 is 0 Å². The molecule has 1 amide bonds. The number of hydrogen-bond acceptors (Lipinski definition) is 4. The molecule has 0 unspecified atom stereocenters. The minimum absolute atomic E-state index is 0.0573. The Labute approximate surface area is 212 Å². The largest absolute Gasteiger partial charge is 0.337 e. The van der Waals surface area contributed by atoms with Gasteiger partial charge in [-0.15, -0.1) is 11.3 Å². The van der Waals surface area contributed by atoms with Crippen molar-refractivity contribution in [2.75, 3.05) is 6.54 Å². The minimum Gasteiger partial charge on any atom is -0.337 e. The lowest BCUT2D eigenvalue weighted by molar-refractivity contribution is -0.132. The lowest BCUT2D eigenvalue weighted by atomic mass is 10.1. The normalized spacial score (nSPS) is 11.3. The average Bonchev–Trinajstić information content (AvgIpc) is 3.22. The number of hydrogen-bond donors (Lipinski definition) is 0. The van der Waals surface area contributed by atoms with Gasteiger partial charge in [-0.05, 0) is 54.9 Å². The highest BCUT2D eigenvalue weighted by Gasteiger charge is 2.22. The molecule has 0 N–H and O–H groups in total. The van der Waals surface area contributed by atoms with Crippen LogP contribution in [0.3, 0.4) is 0 Å². The molecule has 35 heavy (non-hydrogen) atoms. The van der Waals surface area contributed by atoms with Crippen LogP contribution in [0.1, 0.15) is 18.1 Å². The fourth-order valence-corrected chi connectivity index (χ4v) is 6.00. The molecule has 2 aromatic heterocycles. The SMILES string of the molecule is CCN(Cc1ccccc1)C(=O)Cn1c(=O)c2ccccc2n2c(=S)sc(-c3ccccc3C)c12. The lowest BCUT2D eigenvalue weighted by Crippen LogP contribution is -2.36. The number of carbonyl (C=O) groups excluding carboxylic acids is 1. The summed E-state index contributed by atoms with van der Waals surface area (Å²) in [5.74, 6) is -0.108. The van der Waals surface area contributed by atoms with Gasteiger partial charge in [0.1, 0.15) is 12.2 Å². The van der Waals surface area contributed by atoms with Crippen molar-refractivity contribution in [1.82, 2.24) is 13.9 Å². The molecule has 0 radical (unpaired) electrons. The number of thiazole rings is 1.